The van der Waals surface area contributed by atoms with Gasteiger partial charge >= 0.3 is 6.61 Å². The molecule has 25 heavy (non-hydrogen) atoms. The van der Waals surface area contributed by atoms with Crippen LogP contribution in [-0.2, 0) is 0 Å². The summed E-state index contributed by atoms with van der Waals surface area (Å²) in [7, 11) is 0. The zero-order valence-electron chi connectivity index (χ0n) is 13.9. The highest BCUT2D eigenvalue weighted by Crippen LogP contribution is 2.32. The van der Waals surface area contributed by atoms with Crippen molar-refractivity contribution in [2.75, 3.05) is 5.43 Å². The molecule has 0 radical (unpaired) electrons. The first-order chi connectivity index (χ1) is 12.0. The van der Waals surface area contributed by atoms with Gasteiger partial charge in [-0.15, -0.1) is 11.3 Å². The molecule has 0 amide bonds. The molecule has 0 aliphatic carbocycles. The molecule has 0 fully saturated rings. The quantitative estimate of drug-likeness (QED) is 0.526. The first-order valence-electron chi connectivity index (χ1n) is 7.52. The summed E-state index contributed by atoms with van der Waals surface area (Å²) in [6, 6.07) is 6.31. The summed E-state index contributed by atoms with van der Waals surface area (Å²) in [5, 5.41) is 5.31. The van der Waals surface area contributed by atoms with E-state index >= 15 is 0 Å². The minimum Gasteiger partial charge on any atom is -0.435 e. The van der Waals surface area contributed by atoms with Gasteiger partial charge in [0.2, 0.25) is 0 Å². The van der Waals surface area contributed by atoms with Gasteiger partial charge in [-0.1, -0.05) is 0 Å². The SMILES string of the molecule is C/C(=N\Nc1ncnc2sc(C)c(C)c12)c1ccc(OC(F)F)cc1. The smallest absolute Gasteiger partial charge is 0.387 e. The number of alkyl halides is 2. The Morgan fingerprint density at radius 1 is 1.20 bits per heavy atom. The highest BCUT2D eigenvalue weighted by Gasteiger charge is 2.11. The second-order valence-electron chi connectivity index (χ2n) is 5.40. The molecule has 8 heteroatoms. The molecule has 0 saturated heterocycles. The van der Waals surface area contributed by atoms with E-state index in [1.165, 1.54) is 23.3 Å². The number of anilines is 1. The summed E-state index contributed by atoms with van der Waals surface area (Å²) >= 11 is 1.62. The number of hydrogen-bond donors (Lipinski definition) is 1. The predicted molar refractivity (Wildman–Crippen MR) is 95.8 cm³/mol. The largest absolute Gasteiger partial charge is 0.435 e. The molecule has 130 valence electrons. The van der Waals surface area contributed by atoms with Crippen LogP contribution in [0.4, 0.5) is 14.6 Å². The third kappa shape index (κ3) is 3.74. The van der Waals surface area contributed by atoms with Crippen LogP contribution in [0.25, 0.3) is 10.2 Å². The molecule has 0 unspecified atom stereocenters. The average molecular weight is 362 g/mol. The second kappa shape index (κ2) is 7.10. The third-order valence-corrected chi connectivity index (χ3v) is 4.91. The fourth-order valence-corrected chi connectivity index (χ4v) is 3.34. The van der Waals surface area contributed by atoms with Crippen LogP contribution < -0.4 is 10.2 Å². The number of aromatic nitrogens is 2. The summed E-state index contributed by atoms with van der Waals surface area (Å²) in [6.45, 7) is 3.06. The number of fused-ring (bicyclic) bond motifs is 1. The van der Waals surface area contributed by atoms with Gasteiger partial charge in [0.25, 0.3) is 0 Å². The predicted octanol–water partition coefficient (Wildman–Crippen LogP) is 4.75. The first-order valence-corrected chi connectivity index (χ1v) is 8.33. The summed E-state index contributed by atoms with van der Waals surface area (Å²) in [6.07, 6.45) is 1.50. The van der Waals surface area contributed by atoms with Crippen LogP contribution in [0.15, 0.2) is 35.7 Å². The van der Waals surface area contributed by atoms with Crippen molar-refractivity contribution in [1.29, 1.82) is 0 Å². The summed E-state index contributed by atoms with van der Waals surface area (Å²) < 4.78 is 28.7. The highest BCUT2D eigenvalue weighted by molar-refractivity contribution is 7.18. The van der Waals surface area contributed by atoms with Crippen molar-refractivity contribution in [2.45, 2.75) is 27.4 Å². The molecule has 0 saturated carbocycles. The number of hydrogen-bond acceptors (Lipinski definition) is 6. The van der Waals surface area contributed by atoms with E-state index in [1.807, 2.05) is 20.8 Å². The van der Waals surface area contributed by atoms with E-state index in [0.29, 0.717) is 11.5 Å². The lowest BCUT2D eigenvalue weighted by atomic mass is 10.1. The van der Waals surface area contributed by atoms with Crippen molar-refractivity contribution in [2.24, 2.45) is 5.10 Å². The Kier molecular flexibility index (Phi) is 4.89. The van der Waals surface area contributed by atoms with E-state index in [9.17, 15) is 8.78 Å². The van der Waals surface area contributed by atoms with Crippen molar-refractivity contribution in [3.05, 3.63) is 46.6 Å². The highest BCUT2D eigenvalue weighted by atomic mass is 32.1. The van der Waals surface area contributed by atoms with Gasteiger partial charge in [-0.3, -0.25) is 5.43 Å². The van der Waals surface area contributed by atoms with Gasteiger partial charge in [0, 0.05) is 4.88 Å². The monoisotopic (exact) mass is 362 g/mol. The number of hydrazone groups is 1. The van der Waals surface area contributed by atoms with Crippen LogP contribution in [0.5, 0.6) is 5.75 Å². The third-order valence-electron chi connectivity index (χ3n) is 3.79. The molecule has 0 atom stereocenters. The number of nitrogens with one attached hydrogen (secondary N) is 1. The van der Waals surface area contributed by atoms with Crippen molar-refractivity contribution in [3.63, 3.8) is 0 Å². The number of aryl methyl sites for hydroxylation is 2. The Bertz CT molecular complexity index is 922. The van der Waals surface area contributed by atoms with Crippen LogP contribution >= 0.6 is 11.3 Å². The molecule has 0 aliphatic rings. The van der Waals surface area contributed by atoms with E-state index in [0.717, 1.165) is 21.3 Å². The van der Waals surface area contributed by atoms with Gasteiger partial charge in [0.15, 0.2) is 5.82 Å². The van der Waals surface area contributed by atoms with Crippen LogP contribution in [-0.4, -0.2) is 22.3 Å². The zero-order chi connectivity index (χ0) is 18.0. The number of halogens is 2. The Labute approximate surface area is 147 Å². The van der Waals surface area contributed by atoms with Gasteiger partial charge in [-0.2, -0.15) is 13.9 Å². The normalized spacial score (nSPS) is 12.0. The summed E-state index contributed by atoms with van der Waals surface area (Å²) in [5.74, 6) is 0.755. The van der Waals surface area contributed by atoms with Crippen LogP contribution in [0, 0.1) is 13.8 Å². The van der Waals surface area contributed by atoms with E-state index in [2.05, 4.69) is 25.2 Å². The maximum absolute atomic E-state index is 12.2. The molecule has 0 spiro atoms. The summed E-state index contributed by atoms with van der Waals surface area (Å²) in [4.78, 5) is 10.7. The lowest BCUT2D eigenvalue weighted by Gasteiger charge is -2.07. The number of benzene rings is 1. The number of rotatable bonds is 5. The molecule has 2 heterocycles. The Hall–Kier alpha value is -2.61. The van der Waals surface area contributed by atoms with Gasteiger partial charge in [-0.05, 0) is 56.2 Å². The number of nitrogens with zero attached hydrogens (tertiary/aromatic N) is 3. The molecule has 3 rings (SSSR count). The number of thiophene rings is 1. The standard InChI is InChI=1S/C17H16F2N4OS/c1-9-11(3)25-16-14(9)15(20-8-21-16)23-22-10(2)12-4-6-13(7-5-12)24-17(18)19/h4-8,17H,1-3H3,(H,20,21,23)/b22-10+. The molecular weight excluding hydrogens is 346 g/mol. The molecule has 2 aromatic heterocycles. The van der Waals surface area contributed by atoms with Gasteiger partial charge in [-0.25, -0.2) is 9.97 Å². The Morgan fingerprint density at radius 3 is 2.60 bits per heavy atom. The van der Waals surface area contributed by atoms with Crippen LogP contribution in [0.1, 0.15) is 22.9 Å². The first kappa shape index (κ1) is 17.2. The van der Waals surface area contributed by atoms with E-state index in [1.54, 1.807) is 23.5 Å². The minimum atomic E-state index is -2.83. The molecule has 1 N–H and O–H groups in total. The van der Waals surface area contributed by atoms with E-state index < -0.39 is 6.61 Å². The van der Waals surface area contributed by atoms with Gasteiger partial charge < -0.3 is 4.74 Å². The Morgan fingerprint density at radius 2 is 1.92 bits per heavy atom. The summed E-state index contributed by atoms with van der Waals surface area (Å²) in [5.41, 5.74) is 5.59. The lowest BCUT2D eigenvalue weighted by molar-refractivity contribution is -0.0498. The minimum absolute atomic E-state index is 0.112. The number of ether oxygens (including phenoxy) is 1. The lowest BCUT2D eigenvalue weighted by Crippen LogP contribution is -2.03. The van der Waals surface area contributed by atoms with Crippen molar-refractivity contribution in [3.8, 4) is 5.75 Å². The Balaban J connectivity index is 1.82. The van der Waals surface area contributed by atoms with Gasteiger partial charge in [0.1, 0.15) is 16.9 Å². The second-order valence-corrected chi connectivity index (χ2v) is 6.60. The maximum Gasteiger partial charge on any atom is 0.387 e. The fraction of sp³-hybridized carbons (Fsp3) is 0.235. The molecule has 0 bridgehead atoms. The van der Waals surface area contributed by atoms with Crippen LogP contribution in [0.3, 0.4) is 0 Å². The van der Waals surface area contributed by atoms with Gasteiger partial charge in [0.05, 0.1) is 11.1 Å². The molecule has 3 aromatic rings. The van der Waals surface area contributed by atoms with E-state index in [-0.39, 0.29) is 5.75 Å². The van der Waals surface area contributed by atoms with E-state index in [4.69, 9.17) is 0 Å². The molecule has 1 aromatic carbocycles. The topological polar surface area (TPSA) is 59.4 Å². The van der Waals surface area contributed by atoms with Crippen molar-refractivity contribution in [1.82, 2.24) is 9.97 Å². The van der Waals surface area contributed by atoms with Crippen LogP contribution in [0.2, 0.25) is 0 Å². The van der Waals surface area contributed by atoms with Crippen molar-refractivity contribution < 1.29 is 13.5 Å². The molecule has 5 nitrogen and oxygen atoms in total. The zero-order valence-corrected chi connectivity index (χ0v) is 14.7. The molecule has 0 aliphatic heterocycles. The molecular formula is C17H16F2N4OS. The average Bonchev–Trinajstić information content (AvgIpc) is 2.88. The maximum atomic E-state index is 12.2. The fourth-order valence-electron chi connectivity index (χ4n) is 2.35. The van der Waals surface area contributed by atoms with Crippen molar-refractivity contribution >= 4 is 33.1 Å².